The van der Waals surface area contributed by atoms with Crippen molar-refractivity contribution in [3.8, 4) is 0 Å². The summed E-state index contributed by atoms with van der Waals surface area (Å²) < 4.78 is 2.51. The van der Waals surface area contributed by atoms with Gasteiger partial charge in [0.2, 0.25) is 0 Å². The molecule has 2 aliphatic carbocycles. The Morgan fingerprint density at radius 2 is 2.06 bits per heavy atom. The lowest BCUT2D eigenvalue weighted by Gasteiger charge is -2.30. The van der Waals surface area contributed by atoms with E-state index in [2.05, 4.69) is 23.8 Å². The van der Waals surface area contributed by atoms with Crippen LogP contribution in [0.15, 0.2) is 12.3 Å². The number of hydrogen-bond acceptors (Lipinski definition) is 1. The van der Waals surface area contributed by atoms with Crippen LogP contribution in [-0.2, 0) is 13.0 Å². The molecule has 0 saturated heterocycles. The molecular weight excluding hydrogens is 220 g/mol. The zero-order chi connectivity index (χ0) is 12.5. The molecule has 2 heteroatoms. The minimum absolute atomic E-state index is 0.291. The Hall–Kier alpha value is -0.760. The molecule has 0 aliphatic heterocycles. The van der Waals surface area contributed by atoms with E-state index in [9.17, 15) is 0 Å². The van der Waals surface area contributed by atoms with Crippen molar-refractivity contribution in [2.45, 2.75) is 64.5 Å². The summed E-state index contributed by atoms with van der Waals surface area (Å²) in [5.41, 5.74) is 9.16. The second-order valence-corrected chi connectivity index (χ2v) is 6.39. The molecule has 2 aliphatic rings. The van der Waals surface area contributed by atoms with Crippen molar-refractivity contribution in [3.63, 3.8) is 0 Å². The van der Waals surface area contributed by atoms with Gasteiger partial charge in [0.1, 0.15) is 0 Å². The second kappa shape index (κ2) is 5.08. The first kappa shape index (κ1) is 12.3. The lowest BCUT2D eigenvalue weighted by molar-refractivity contribution is 0.226. The van der Waals surface area contributed by atoms with Gasteiger partial charge in [-0.1, -0.05) is 26.2 Å². The Morgan fingerprint density at radius 1 is 1.22 bits per heavy atom. The second-order valence-electron chi connectivity index (χ2n) is 6.39. The summed E-state index contributed by atoms with van der Waals surface area (Å²) >= 11 is 0. The van der Waals surface area contributed by atoms with Crippen LogP contribution < -0.4 is 5.73 Å². The van der Waals surface area contributed by atoms with Gasteiger partial charge in [0.25, 0.3) is 0 Å². The number of rotatable bonds is 2. The van der Waals surface area contributed by atoms with Gasteiger partial charge in [0.05, 0.1) is 0 Å². The first-order chi connectivity index (χ1) is 8.75. The third kappa shape index (κ3) is 2.23. The van der Waals surface area contributed by atoms with E-state index in [-0.39, 0.29) is 0 Å². The lowest BCUT2D eigenvalue weighted by atomic mass is 9.80. The van der Waals surface area contributed by atoms with Crippen molar-refractivity contribution in [1.29, 1.82) is 0 Å². The topological polar surface area (TPSA) is 30.9 Å². The molecular formula is C16H26N2. The van der Waals surface area contributed by atoms with E-state index in [4.69, 9.17) is 5.73 Å². The molecule has 18 heavy (non-hydrogen) atoms. The van der Waals surface area contributed by atoms with Gasteiger partial charge in [-0.3, -0.25) is 0 Å². The van der Waals surface area contributed by atoms with Crippen LogP contribution in [0.4, 0.5) is 0 Å². The van der Waals surface area contributed by atoms with Gasteiger partial charge in [-0.25, -0.2) is 0 Å². The van der Waals surface area contributed by atoms with E-state index in [1.807, 2.05) is 0 Å². The molecule has 0 spiro atoms. The molecule has 0 aromatic carbocycles. The fraction of sp³-hybridized carbons (Fsp3) is 0.750. The third-order valence-corrected chi connectivity index (χ3v) is 5.16. The summed E-state index contributed by atoms with van der Waals surface area (Å²) in [4.78, 5) is 0. The fourth-order valence-electron chi connectivity index (χ4n) is 3.88. The number of nitrogens with zero attached hydrogens (tertiary/aromatic N) is 1. The minimum Gasteiger partial charge on any atom is -0.351 e. The van der Waals surface area contributed by atoms with Crippen molar-refractivity contribution >= 4 is 0 Å². The molecule has 1 fully saturated rings. The van der Waals surface area contributed by atoms with E-state index >= 15 is 0 Å². The van der Waals surface area contributed by atoms with E-state index in [1.54, 1.807) is 0 Å². The minimum atomic E-state index is 0.291. The van der Waals surface area contributed by atoms with Crippen LogP contribution in [0.2, 0.25) is 0 Å². The van der Waals surface area contributed by atoms with Gasteiger partial charge in [-0.05, 0) is 49.1 Å². The quantitative estimate of drug-likeness (QED) is 0.848. The zero-order valence-electron chi connectivity index (χ0n) is 11.6. The van der Waals surface area contributed by atoms with Crippen LogP contribution >= 0.6 is 0 Å². The first-order valence-corrected chi connectivity index (χ1v) is 7.69. The van der Waals surface area contributed by atoms with Crippen molar-refractivity contribution < 1.29 is 0 Å². The number of aromatic nitrogens is 1. The van der Waals surface area contributed by atoms with Crippen LogP contribution in [-0.4, -0.2) is 4.57 Å². The SMILES string of the molecule is CC1CCCCC1Cn1ccc2c1CCCC2N. The Balaban J connectivity index is 1.76. The smallest absolute Gasteiger partial charge is 0.0312 e. The molecule has 0 amide bonds. The van der Waals surface area contributed by atoms with E-state index < -0.39 is 0 Å². The molecule has 2 N–H and O–H groups in total. The number of nitrogens with two attached hydrogens (primary N) is 1. The summed E-state index contributed by atoms with van der Waals surface area (Å²) in [7, 11) is 0. The fourth-order valence-corrected chi connectivity index (χ4v) is 3.88. The first-order valence-electron chi connectivity index (χ1n) is 7.69. The predicted molar refractivity (Wildman–Crippen MR) is 75.4 cm³/mol. The highest BCUT2D eigenvalue weighted by molar-refractivity contribution is 5.28. The van der Waals surface area contributed by atoms with Crippen LogP contribution in [0, 0.1) is 11.8 Å². The maximum Gasteiger partial charge on any atom is 0.0312 e. The summed E-state index contributed by atoms with van der Waals surface area (Å²) in [6.07, 6.45) is 11.7. The van der Waals surface area contributed by atoms with Gasteiger partial charge in [-0.15, -0.1) is 0 Å². The molecule has 0 bridgehead atoms. The van der Waals surface area contributed by atoms with Crippen molar-refractivity contribution in [1.82, 2.24) is 4.57 Å². The maximum absolute atomic E-state index is 6.21. The molecule has 1 saturated carbocycles. The highest BCUT2D eigenvalue weighted by Gasteiger charge is 2.25. The Morgan fingerprint density at radius 3 is 2.89 bits per heavy atom. The monoisotopic (exact) mass is 246 g/mol. The average Bonchev–Trinajstić information content (AvgIpc) is 2.77. The standard InChI is InChI=1S/C16H26N2/c1-12-5-2-3-6-13(12)11-18-10-9-14-15(17)7-4-8-16(14)18/h9-10,12-13,15H,2-8,11,17H2,1H3. The van der Waals surface area contributed by atoms with E-state index in [1.165, 1.54) is 56.3 Å². The van der Waals surface area contributed by atoms with Gasteiger partial charge < -0.3 is 10.3 Å². The Labute approximate surface area is 111 Å². The lowest BCUT2D eigenvalue weighted by Crippen LogP contribution is -2.24. The zero-order valence-corrected chi connectivity index (χ0v) is 11.6. The predicted octanol–water partition coefficient (Wildman–Crippen LogP) is 3.65. The summed E-state index contributed by atoms with van der Waals surface area (Å²) in [6, 6.07) is 2.56. The molecule has 3 unspecified atom stereocenters. The Kier molecular flexibility index (Phi) is 3.47. The number of fused-ring (bicyclic) bond motifs is 1. The van der Waals surface area contributed by atoms with Crippen molar-refractivity contribution in [2.75, 3.05) is 0 Å². The van der Waals surface area contributed by atoms with Crippen LogP contribution in [0.5, 0.6) is 0 Å². The molecule has 100 valence electrons. The highest BCUT2D eigenvalue weighted by atomic mass is 15.0. The molecule has 3 rings (SSSR count). The summed E-state index contributed by atoms with van der Waals surface area (Å²) in [5.74, 6) is 1.78. The molecule has 0 radical (unpaired) electrons. The van der Waals surface area contributed by atoms with Crippen molar-refractivity contribution in [3.05, 3.63) is 23.5 Å². The highest BCUT2D eigenvalue weighted by Crippen LogP contribution is 2.33. The summed E-state index contributed by atoms with van der Waals surface area (Å²) in [6.45, 7) is 3.66. The van der Waals surface area contributed by atoms with Crippen LogP contribution in [0.1, 0.15) is 62.7 Å². The van der Waals surface area contributed by atoms with E-state index in [0.717, 1.165) is 18.3 Å². The maximum atomic E-state index is 6.21. The number of hydrogen-bond donors (Lipinski definition) is 1. The summed E-state index contributed by atoms with van der Waals surface area (Å²) in [5, 5.41) is 0. The molecule has 1 aromatic heterocycles. The van der Waals surface area contributed by atoms with E-state index in [0.29, 0.717) is 6.04 Å². The average molecular weight is 246 g/mol. The van der Waals surface area contributed by atoms with Gasteiger partial charge in [0.15, 0.2) is 0 Å². The third-order valence-electron chi connectivity index (χ3n) is 5.16. The molecule has 3 atom stereocenters. The van der Waals surface area contributed by atoms with Crippen LogP contribution in [0.25, 0.3) is 0 Å². The van der Waals surface area contributed by atoms with Crippen molar-refractivity contribution in [2.24, 2.45) is 17.6 Å². The Bertz CT molecular complexity index is 407. The molecule has 2 nitrogen and oxygen atoms in total. The normalized spacial score (nSPS) is 32.2. The molecule has 1 heterocycles. The molecule has 1 aromatic rings. The van der Waals surface area contributed by atoms with Gasteiger partial charge in [-0.2, -0.15) is 0 Å². The largest absolute Gasteiger partial charge is 0.351 e. The van der Waals surface area contributed by atoms with Gasteiger partial charge >= 0.3 is 0 Å². The van der Waals surface area contributed by atoms with Gasteiger partial charge in [0, 0.05) is 24.5 Å². The van der Waals surface area contributed by atoms with Crippen LogP contribution in [0.3, 0.4) is 0 Å².